The summed E-state index contributed by atoms with van der Waals surface area (Å²) >= 11 is 0. The molecular formula is C21H24O6. The van der Waals surface area contributed by atoms with E-state index in [-0.39, 0.29) is 20.0 Å². The molecule has 1 atom stereocenters. The molecular weight excluding hydrogens is 348 g/mol. The first kappa shape index (κ1) is 20.6. The van der Waals surface area contributed by atoms with Gasteiger partial charge in [-0.25, -0.2) is 0 Å². The molecule has 1 unspecified atom stereocenters. The lowest BCUT2D eigenvalue weighted by molar-refractivity contribution is 0.0500. The van der Waals surface area contributed by atoms with Crippen LogP contribution in [0, 0.1) is 11.8 Å². The van der Waals surface area contributed by atoms with Crippen LogP contribution in [-0.4, -0.2) is 46.1 Å². The predicted molar refractivity (Wildman–Crippen MR) is 101 cm³/mol. The summed E-state index contributed by atoms with van der Waals surface area (Å²) in [5, 5.41) is 10.4. The summed E-state index contributed by atoms with van der Waals surface area (Å²) in [4.78, 5) is 0. The van der Waals surface area contributed by atoms with Crippen LogP contribution in [0.1, 0.15) is 11.1 Å². The molecule has 0 saturated heterocycles. The van der Waals surface area contributed by atoms with Gasteiger partial charge in [0.15, 0.2) is 13.6 Å². The molecule has 2 aromatic rings. The topological polar surface area (TPSA) is 66.4 Å². The third kappa shape index (κ3) is 6.50. The lowest BCUT2D eigenvalue weighted by Gasteiger charge is -2.13. The Hall–Kier alpha value is -2.72. The Balaban J connectivity index is 2.14. The van der Waals surface area contributed by atoms with Crippen molar-refractivity contribution in [3.05, 3.63) is 53.6 Å². The second kappa shape index (κ2) is 11.1. The van der Waals surface area contributed by atoms with Gasteiger partial charge in [-0.05, 0) is 30.3 Å². The maximum atomic E-state index is 10.4. The van der Waals surface area contributed by atoms with Crippen molar-refractivity contribution in [1.82, 2.24) is 0 Å². The first-order valence-corrected chi connectivity index (χ1v) is 8.37. The molecule has 2 aromatic carbocycles. The van der Waals surface area contributed by atoms with E-state index in [1.54, 1.807) is 39.5 Å². The van der Waals surface area contributed by atoms with Crippen LogP contribution >= 0.6 is 0 Å². The van der Waals surface area contributed by atoms with Gasteiger partial charge in [0, 0.05) is 26.2 Å². The second-order valence-corrected chi connectivity index (χ2v) is 5.56. The van der Waals surface area contributed by atoms with Crippen molar-refractivity contribution in [1.29, 1.82) is 0 Å². The van der Waals surface area contributed by atoms with Crippen LogP contribution in [0.2, 0.25) is 0 Å². The molecule has 6 heteroatoms. The maximum absolute atomic E-state index is 10.4. The summed E-state index contributed by atoms with van der Waals surface area (Å²) in [6.45, 7) is 0.247. The highest BCUT2D eigenvalue weighted by molar-refractivity contribution is 5.47. The molecule has 0 amide bonds. The molecule has 0 heterocycles. The summed E-state index contributed by atoms with van der Waals surface area (Å²) in [6.07, 6.45) is -0.609. The summed E-state index contributed by atoms with van der Waals surface area (Å²) in [6, 6.07) is 12.7. The van der Waals surface area contributed by atoms with E-state index in [0.717, 1.165) is 5.56 Å². The van der Waals surface area contributed by atoms with Gasteiger partial charge in [0.1, 0.15) is 23.4 Å². The number of benzene rings is 2. The third-order valence-electron chi connectivity index (χ3n) is 3.61. The molecule has 2 rings (SSSR count). The van der Waals surface area contributed by atoms with E-state index in [1.165, 1.54) is 0 Å². The lowest BCUT2D eigenvalue weighted by Crippen LogP contribution is -2.10. The molecule has 0 bridgehead atoms. The first-order chi connectivity index (χ1) is 13.2. The van der Waals surface area contributed by atoms with Gasteiger partial charge in [-0.1, -0.05) is 24.0 Å². The average Bonchev–Trinajstić information content (AvgIpc) is 2.70. The van der Waals surface area contributed by atoms with Crippen LogP contribution in [0.15, 0.2) is 42.5 Å². The Labute approximate surface area is 159 Å². The molecule has 0 fully saturated rings. The standard InChI is InChI=1S/C21H24O6/c1-23-14-26-20-7-5-4-6-16(20)8-9-18(22)12-17-13-19(25-3)10-11-21(17)27-15-24-2/h4-7,10-11,13,18,22H,12,14-15H2,1-3H3. The van der Waals surface area contributed by atoms with Crippen molar-refractivity contribution in [2.45, 2.75) is 12.5 Å². The zero-order valence-corrected chi connectivity index (χ0v) is 15.7. The van der Waals surface area contributed by atoms with Crippen LogP contribution in [0.4, 0.5) is 0 Å². The minimum absolute atomic E-state index is 0.116. The smallest absolute Gasteiger partial charge is 0.188 e. The first-order valence-electron chi connectivity index (χ1n) is 8.37. The summed E-state index contributed by atoms with van der Waals surface area (Å²) in [5.74, 6) is 7.69. The molecule has 0 spiro atoms. The van der Waals surface area contributed by atoms with Crippen LogP contribution in [0.25, 0.3) is 0 Å². The molecule has 0 aliphatic carbocycles. The van der Waals surface area contributed by atoms with Crippen molar-refractivity contribution < 1.29 is 28.8 Å². The van der Waals surface area contributed by atoms with Crippen molar-refractivity contribution in [3.8, 4) is 29.1 Å². The van der Waals surface area contributed by atoms with Gasteiger partial charge >= 0.3 is 0 Å². The Kier molecular flexibility index (Phi) is 8.46. The van der Waals surface area contributed by atoms with E-state index in [1.807, 2.05) is 24.3 Å². The van der Waals surface area contributed by atoms with Crippen molar-refractivity contribution in [2.75, 3.05) is 34.9 Å². The highest BCUT2D eigenvalue weighted by Gasteiger charge is 2.10. The zero-order chi connectivity index (χ0) is 19.5. The quantitative estimate of drug-likeness (QED) is 0.539. The van der Waals surface area contributed by atoms with E-state index in [0.29, 0.717) is 22.8 Å². The third-order valence-corrected chi connectivity index (χ3v) is 3.61. The van der Waals surface area contributed by atoms with Gasteiger partial charge in [-0.3, -0.25) is 0 Å². The average molecular weight is 372 g/mol. The van der Waals surface area contributed by atoms with E-state index >= 15 is 0 Å². The van der Waals surface area contributed by atoms with Crippen LogP contribution in [0.5, 0.6) is 17.2 Å². The molecule has 0 radical (unpaired) electrons. The summed E-state index contributed by atoms with van der Waals surface area (Å²) in [7, 11) is 4.68. The van der Waals surface area contributed by atoms with Gasteiger partial charge in [-0.15, -0.1) is 0 Å². The number of aliphatic hydroxyl groups is 1. The molecule has 6 nitrogen and oxygen atoms in total. The Bertz CT molecular complexity index is 778. The predicted octanol–water partition coefficient (Wildman–Crippen LogP) is 2.62. The minimum atomic E-state index is -0.891. The molecule has 0 saturated carbocycles. The van der Waals surface area contributed by atoms with Crippen LogP contribution in [-0.2, 0) is 15.9 Å². The number of rotatable bonds is 9. The minimum Gasteiger partial charge on any atom is -0.497 e. The number of hydrogen-bond donors (Lipinski definition) is 1. The Morgan fingerprint density at radius 2 is 1.63 bits per heavy atom. The summed E-state index contributed by atoms with van der Waals surface area (Å²) in [5.41, 5.74) is 1.45. The van der Waals surface area contributed by atoms with E-state index in [4.69, 9.17) is 23.7 Å². The highest BCUT2D eigenvalue weighted by atomic mass is 16.7. The maximum Gasteiger partial charge on any atom is 0.188 e. The number of hydrogen-bond acceptors (Lipinski definition) is 6. The molecule has 27 heavy (non-hydrogen) atoms. The van der Waals surface area contributed by atoms with Crippen molar-refractivity contribution in [2.24, 2.45) is 0 Å². The van der Waals surface area contributed by atoms with Gasteiger partial charge in [0.2, 0.25) is 0 Å². The van der Waals surface area contributed by atoms with Gasteiger partial charge in [0.25, 0.3) is 0 Å². The number of para-hydroxylation sites is 1. The number of ether oxygens (including phenoxy) is 5. The molecule has 0 aromatic heterocycles. The Morgan fingerprint density at radius 1 is 0.926 bits per heavy atom. The zero-order valence-electron chi connectivity index (χ0n) is 15.7. The van der Waals surface area contributed by atoms with E-state index in [2.05, 4.69) is 11.8 Å². The van der Waals surface area contributed by atoms with E-state index in [9.17, 15) is 5.11 Å². The lowest BCUT2D eigenvalue weighted by atomic mass is 10.1. The molecule has 144 valence electrons. The number of aliphatic hydroxyl groups excluding tert-OH is 1. The van der Waals surface area contributed by atoms with Gasteiger partial charge in [0.05, 0.1) is 12.7 Å². The highest BCUT2D eigenvalue weighted by Crippen LogP contribution is 2.25. The summed E-state index contributed by atoms with van der Waals surface area (Å²) < 4.78 is 26.1. The molecule has 0 aliphatic heterocycles. The fourth-order valence-electron chi connectivity index (χ4n) is 2.34. The van der Waals surface area contributed by atoms with Crippen LogP contribution < -0.4 is 14.2 Å². The fourth-order valence-corrected chi connectivity index (χ4v) is 2.34. The molecule has 0 aliphatic rings. The normalized spacial score (nSPS) is 11.3. The fraction of sp³-hybridized carbons (Fsp3) is 0.333. The van der Waals surface area contributed by atoms with Gasteiger partial charge in [-0.2, -0.15) is 0 Å². The largest absolute Gasteiger partial charge is 0.497 e. The SMILES string of the molecule is COCOc1ccccc1C#CC(O)Cc1cc(OC)ccc1OCOC. The monoisotopic (exact) mass is 372 g/mol. The van der Waals surface area contributed by atoms with Crippen molar-refractivity contribution >= 4 is 0 Å². The van der Waals surface area contributed by atoms with Crippen molar-refractivity contribution in [3.63, 3.8) is 0 Å². The molecule has 1 N–H and O–H groups in total. The van der Waals surface area contributed by atoms with Gasteiger partial charge < -0.3 is 28.8 Å². The van der Waals surface area contributed by atoms with Crippen LogP contribution in [0.3, 0.4) is 0 Å². The second-order valence-electron chi connectivity index (χ2n) is 5.56. The van der Waals surface area contributed by atoms with E-state index < -0.39 is 6.10 Å². The Morgan fingerprint density at radius 3 is 2.33 bits per heavy atom. The number of methoxy groups -OCH3 is 3.